The van der Waals surface area contributed by atoms with Gasteiger partial charge in [-0.25, -0.2) is 14.6 Å². The lowest BCUT2D eigenvalue weighted by molar-refractivity contribution is -0.138. The number of hydrogen-bond donors (Lipinski definition) is 9. The number of aliphatic imine (C=N–C) groups is 3. The predicted molar refractivity (Wildman–Crippen MR) is 315 cm³/mol. The number of thioether (sulfide) groups is 1. The van der Waals surface area contributed by atoms with E-state index in [1.54, 1.807) is 61.5 Å². The Bertz CT molecular complexity index is 3110. The first kappa shape index (κ1) is 57.5. The van der Waals surface area contributed by atoms with Crippen molar-refractivity contribution in [3.8, 4) is 11.5 Å². The topological polar surface area (TPSA) is 264 Å². The van der Waals surface area contributed by atoms with E-state index in [1.165, 1.54) is 12.1 Å². The lowest BCUT2D eigenvalue weighted by atomic mass is 10.1. The van der Waals surface area contributed by atoms with E-state index < -0.39 is 12.0 Å². The molecule has 22 heteroatoms. The Labute approximate surface area is 468 Å². The van der Waals surface area contributed by atoms with Crippen molar-refractivity contribution in [3.63, 3.8) is 0 Å². The number of amidine groups is 2. The number of rotatable bonds is 22. The number of carbonyl (C=O) groups excluding carboxylic acids is 4. The van der Waals surface area contributed by atoms with Gasteiger partial charge in [-0.05, 0) is 110 Å². The number of benzene rings is 5. The fourth-order valence-corrected chi connectivity index (χ4v) is 9.66. The largest absolute Gasteiger partial charge is 0.506 e. The second-order valence-corrected chi connectivity index (χ2v) is 19.3. The van der Waals surface area contributed by atoms with Crippen LogP contribution in [0.25, 0.3) is 6.08 Å². The maximum atomic E-state index is 13.0. The second kappa shape index (κ2) is 29.3. The third-order valence-corrected chi connectivity index (χ3v) is 13.8. The number of para-hydroxylation sites is 1. The van der Waals surface area contributed by atoms with Crippen LogP contribution in [0.1, 0.15) is 34.0 Å². The number of phenolic OH excluding ortho intramolecular Hbond substituents is 1. The van der Waals surface area contributed by atoms with Crippen LogP contribution in [0.5, 0.6) is 11.5 Å². The van der Waals surface area contributed by atoms with Crippen LogP contribution in [0.4, 0.5) is 33.2 Å². The highest BCUT2D eigenvalue weighted by Gasteiger charge is 2.33. The van der Waals surface area contributed by atoms with E-state index in [2.05, 4.69) is 86.3 Å². The summed E-state index contributed by atoms with van der Waals surface area (Å²) in [5.74, 6) is 0.832. The number of anilines is 4. The summed E-state index contributed by atoms with van der Waals surface area (Å²) in [6.45, 7) is 11.4. The smallest absolute Gasteiger partial charge is 0.344 e. The Hall–Kier alpha value is -8.70. The average molecular weight is 1110 g/mol. The van der Waals surface area contributed by atoms with Crippen LogP contribution in [0.3, 0.4) is 0 Å². The molecule has 0 unspecified atom stereocenters. The Morgan fingerprint density at radius 1 is 0.750 bits per heavy atom. The zero-order chi connectivity index (χ0) is 56.1. The van der Waals surface area contributed by atoms with Crippen molar-refractivity contribution in [2.24, 2.45) is 15.0 Å². The van der Waals surface area contributed by atoms with Gasteiger partial charge in [-0.15, -0.1) is 0 Å². The molecule has 1 fully saturated rings. The van der Waals surface area contributed by atoms with Crippen molar-refractivity contribution in [3.05, 3.63) is 154 Å². The highest BCUT2D eigenvalue weighted by atomic mass is 32.2. The molecule has 9 N–H and O–H groups in total. The zero-order valence-electron chi connectivity index (χ0n) is 44.6. The number of hydrogen-bond acceptors (Lipinski definition) is 18. The summed E-state index contributed by atoms with van der Waals surface area (Å²) in [4.78, 5) is 68.1. The molecule has 418 valence electrons. The average Bonchev–Trinajstić information content (AvgIpc) is 4.29. The van der Waals surface area contributed by atoms with Crippen LogP contribution in [0.2, 0.25) is 0 Å². The van der Waals surface area contributed by atoms with Gasteiger partial charge < -0.3 is 61.6 Å². The van der Waals surface area contributed by atoms with E-state index in [4.69, 9.17) is 14.2 Å². The van der Waals surface area contributed by atoms with E-state index in [0.717, 1.165) is 99.2 Å². The minimum absolute atomic E-state index is 0.00406. The van der Waals surface area contributed by atoms with Gasteiger partial charge in [0.25, 0.3) is 5.91 Å². The number of ether oxygens (including phenoxy) is 3. The molecule has 80 heavy (non-hydrogen) atoms. The van der Waals surface area contributed by atoms with Crippen molar-refractivity contribution >= 4 is 87.3 Å². The Morgan fingerprint density at radius 3 is 2.00 bits per heavy atom. The van der Waals surface area contributed by atoms with Gasteiger partial charge in [-0.1, -0.05) is 36.0 Å². The number of aliphatic hydroxyl groups is 1. The maximum absolute atomic E-state index is 13.0. The first-order valence-corrected chi connectivity index (χ1v) is 27.2. The number of urea groups is 1. The molecule has 9 rings (SSSR count). The first-order valence-electron chi connectivity index (χ1n) is 26.3. The number of piperazine rings is 1. The van der Waals surface area contributed by atoms with E-state index >= 15 is 0 Å². The van der Waals surface area contributed by atoms with Crippen LogP contribution in [-0.2, 0) is 19.1 Å². The summed E-state index contributed by atoms with van der Waals surface area (Å²) in [5, 5.41) is 42.5. The zero-order valence-corrected chi connectivity index (χ0v) is 45.4. The minimum atomic E-state index is -0.666. The summed E-state index contributed by atoms with van der Waals surface area (Å²) in [6, 6.07) is 33.7. The van der Waals surface area contributed by atoms with Crippen molar-refractivity contribution in [1.82, 2.24) is 25.8 Å². The molecule has 4 aliphatic heterocycles. The summed E-state index contributed by atoms with van der Waals surface area (Å²) in [7, 11) is 1.92. The Kier molecular flexibility index (Phi) is 21.1. The van der Waals surface area contributed by atoms with Gasteiger partial charge in [0.05, 0.1) is 43.5 Å². The van der Waals surface area contributed by atoms with Crippen LogP contribution >= 0.6 is 11.8 Å². The molecule has 4 amide bonds. The molecule has 0 saturated carbocycles. The normalized spacial score (nSPS) is 16.1. The maximum Gasteiger partial charge on any atom is 0.344 e. The van der Waals surface area contributed by atoms with Gasteiger partial charge in [-0.2, -0.15) is 0 Å². The molecule has 0 spiro atoms. The van der Waals surface area contributed by atoms with E-state index in [-0.39, 0.29) is 41.7 Å². The first-order chi connectivity index (χ1) is 39.0. The van der Waals surface area contributed by atoms with Crippen molar-refractivity contribution in [2.75, 3.05) is 127 Å². The van der Waals surface area contributed by atoms with Crippen molar-refractivity contribution in [2.45, 2.75) is 6.92 Å². The Morgan fingerprint density at radius 2 is 1.39 bits per heavy atom. The number of carbonyl (C=O) groups is 4. The van der Waals surface area contributed by atoms with Gasteiger partial charge in [0.15, 0.2) is 11.5 Å². The molecule has 0 atom stereocenters. The molecule has 1 saturated heterocycles. The van der Waals surface area contributed by atoms with Gasteiger partial charge in [0.2, 0.25) is 6.41 Å². The van der Waals surface area contributed by atoms with Crippen LogP contribution < -0.4 is 42.0 Å². The number of aromatic hydroxyl groups is 1. The van der Waals surface area contributed by atoms with Crippen molar-refractivity contribution < 1.29 is 43.6 Å². The molecule has 0 bridgehead atoms. The number of amides is 4. The molecule has 0 radical (unpaired) electrons. The Balaban J connectivity index is 0.000000563. The molecule has 4 heterocycles. The number of aliphatic hydroxyl groups excluding tert-OH is 1. The highest BCUT2D eigenvalue weighted by molar-refractivity contribution is 8.18. The molecule has 21 nitrogen and oxygen atoms in total. The SMILES string of the molecule is CCOC(=O)C1=C(O)/C(=C/c2ccc(OCCN3CCN(CCOCCNC(=O)c4cc(NC=O)cc(NC(=O)Nc5ccc(C6=NCCN6)cc5)c4)CC3)c(O)c2)SC1=Nc1ccccc1.CNc1ccc(C2=NCCN2)cc1. The molecular formula is C58H66N12O9S. The van der Waals surface area contributed by atoms with Crippen molar-refractivity contribution in [1.29, 1.82) is 0 Å². The highest BCUT2D eigenvalue weighted by Crippen LogP contribution is 2.41. The van der Waals surface area contributed by atoms with Gasteiger partial charge in [0.1, 0.15) is 34.7 Å². The van der Waals surface area contributed by atoms with Gasteiger partial charge >= 0.3 is 12.0 Å². The molecule has 5 aromatic rings. The summed E-state index contributed by atoms with van der Waals surface area (Å²) in [6.07, 6.45) is 2.17. The number of phenols is 1. The van der Waals surface area contributed by atoms with Gasteiger partial charge in [-0.3, -0.25) is 29.4 Å². The lowest BCUT2D eigenvalue weighted by Gasteiger charge is -2.34. The molecule has 4 aliphatic rings. The molecular weight excluding hydrogens is 1040 g/mol. The fourth-order valence-electron chi connectivity index (χ4n) is 8.63. The number of esters is 1. The quantitative estimate of drug-likeness (QED) is 0.0199. The molecule has 5 aromatic carbocycles. The number of nitrogens with one attached hydrogen (secondary N) is 7. The third-order valence-electron chi connectivity index (χ3n) is 12.7. The molecule has 0 aliphatic carbocycles. The monoisotopic (exact) mass is 1110 g/mol. The second-order valence-electron chi connectivity index (χ2n) is 18.3. The van der Waals surface area contributed by atoms with E-state index in [0.29, 0.717) is 76.8 Å². The minimum Gasteiger partial charge on any atom is -0.506 e. The summed E-state index contributed by atoms with van der Waals surface area (Å²) < 4.78 is 16.9. The van der Waals surface area contributed by atoms with Crippen LogP contribution in [-0.4, -0.2) is 167 Å². The number of nitrogens with zero attached hydrogens (tertiary/aromatic N) is 5. The van der Waals surface area contributed by atoms with E-state index in [9.17, 15) is 29.4 Å². The van der Waals surface area contributed by atoms with Crippen LogP contribution in [0.15, 0.2) is 146 Å². The fraction of sp³-hybridized carbons (Fsp3) is 0.293. The summed E-state index contributed by atoms with van der Waals surface area (Å²) in [5.41, 5.74) is 5.91. The molecule has 0 aromatic heterocycles. The summed E-state index contributed by atoms with van der Waals surface area (Å²) >= 11 is 1.14. The van der Waals surface area contributed by atoms with Gasteiger partial charge in [0, 0.05) is 105 Å². The van der Waals surface area contributed by atoms with E-state index in [1.807, 2.05) is 37.4 Å². The lowest BCUT2D eigenvalue weighted by Crippen LogP contribution is -2.48. The third kappa shape index (κ3) is 16.7. The van der Waals surface area contributed by atoms with Crippen LogP contribution in [0, 0.1) is 0 Å². The predicted octanol–water partition coefficient (Wildman–Crippen LogP) is 6.67. The standard InChI is InChI=1S/C48H53N9O9S.C10H13N3/c1-2-65-47(62)42-43(60)41(67-46(42)53-35-6-4-3-5-7-35)27-32-8-13-40(39(59)26-32)66-25-22-57-19-17-56(18-20-57)21-24-64-23-16-51-45(61)34-28-37(52-31-58)30-38(29-34)55-48(63)54-36-11-9-33(10-12-36)44-49-14-15-50-44;1-11-9-4-2-8(3-5-9)10-12-6-7-13-10/h3-13,26-31,59-60H,2,14-25H2,1H3,(H,49,50)(H,51,61)(H,52,58)(H2,54,55,63);2-5,11H,6-7H2,1H3,(H,12,13)/b41-27-,53-46?;.